The number of pyridine rings is 1. The average Bonchev–Trinajstić information content (AvgIpc) is 2.75. The molecular weight excluding hydrogens is 372 g/mol. The highest BCUT2D eigenvalue weighted by molar-refractivity contribution is 6.05. The minimum atomic E-state index is -0.265. The molecule has 8 heteroatoms. The molecule has 0 aliphatic carbocycles. The Labute approximate surface area is 170 Å². The van der Waals surface area contributed by atoms with Gasteiger partial charge in [-0.1, -0.05) is 12.1 Å². The highest BCUT2D eigenvalue weighted by Gasteiger charge is 2.23. The molecule has 1 aromatic carbocycles. The number of carbonyl (C=O) groups is 2. The fraction of sp³-hybridized carbons (Fsp3) is 0.381. The second kappa shape index (κ2) is 9.77. The molecule has 1 fully saturated rings. The summed E-state index contributed by atoms with van der Waals surface area (Å²) >= 11 is 0. The molecular formula is C21H26N4O4. The summed E-state index contributed by atoms with van der Waals surface area (Å²) in [5, 5.41) is 6.22. The number of nitrogens with one attached hydrogen (secondary N) is 2. The lowest BCUT2D eigenvalue weighted by atomic mass is 10.1. The summed E-state index contributed by atoms with van der Waals surface area (Å²) in [5.41, 5.74) is 1.11. The number of carbonyl (C=O) groups excluding carboxylic acids is 2. The van der Waals surface area contributed by atoms with Gasteiger partial charge in [0.2, 0.25) is 0 Å². The number of nitrogens with zero attached hydrogens (tertiary/aromatic N) is 2. The summed E-state index contributed by atoms with van der Waals surface area (Å²) in [6.45, 7) is 3.44. The molecule has 154 valence electrons. The van der Waals surface area contributed by atoms with Gasteiger partial charge in [0.15, 0.2) is 0 Å². The Morgan fingerprint density at radius 3 is 2.69 bits per heavy atom. The van der Waals surface area contributed by atoms with Gasteiger partial charge < -0.3 is 25.0 Å². The van der Waals surface area contributed by atoms with Crippen LogP contribution in [0.2, 0.25) is 0 Å². The maximum absolute atomic E-state index is 12.6. The number of piperidine rings is 1. The van der Waals surface area contributed by atoms with Crippen LogP contribution in [-0.2, 0) is 4.74 Å². The van der Waals surface area contributed by atoms with Crippen LogP contribution >= 0.6 is 0 Å². The van der Waals surface area contributed by atoms with Crippen molar-refractivity contribution in [3.63, 3.8) is 0 Å². The predicted molar refractivity (Wildman–Crippen MR) is 110 cm³/mol. The number of likely N-dealkylation sites (tertiary alicyclic amines) is 1. The fourth-order valence-electron chi connectivity index (χ4n) is 3.22. The number of methoxy groups -OCH3 is 1. The molecule has 2 amide bonds. The van der Waals surface area contributed by atoms with Crippen molar-refractivity contribution in [1.29, 1.82) is 0 Å². The van der Waals surface area contributed by atoms with Gasteiger partial charge in [0.25, 0.3) is 5.91 Å². The summed E-state index contributed by atoms with van der Waals surface area (Å²) in [7, 11) is 1.56. The Morgan fingerprint density at radius 1 is 1.21 bits per heavy atom. The monoisotopic (exact) mass is 398 g/mol. The van der Waals surface area contributed by atoms with Crippen LogP contribution in [-0.4, -0.2) is 54.7 Å². The van der Waals surface area contributed by atoms with E-state index >= 15 is 0 Å². The zero-order chi connectivity index (χ0) is 20.6. The summed E-state index contributed by atoms with van der Waals surface area (Å²) in [6, 6.07) is 10.8. The summed E-state index contributed by atoms with van der Waals surface area (Å²) < 4.78 is 10.3. The molecule has 3 rings (SSSR count). The Balaban J connectivity index is 1.58. The molecule has 1 aliphatic heterocycles. The second-order valence-electron chi connectivity index (χ2n) is 6.69. The summed E-state index contributed by atoms with van der Waals surface area (Å²) in [6.07, 6.45) is 2.92. The molecule has 2 N–H and O–H groups in total. The molecule has 0 atom stereocenters. The van der Waals surface area contributed by atoms with E-state index in [1.165, 1.54) is 0 Å². The van der Waals surface area contributed by atoms with Gasteiger partial charge in [-0.05, 0) is 44.0 Å². The van der Waals surface area contributed by atoms with E-state index in [4.69, 9.17) is 9.47 Å². The number of anilines is 2. The van der Waals surface area contributed by atoms with E-state index in [-0.39, 0.29) is 18.0 Å². The number of aromatic nitrogens is 1. The van der Waals surface area contributed by atoms with Gasteiger partial charge in [-0.3, -0.25) is 4.79 Å². The van der Waals surface area contributed by atoms with E-state index in [2.05, 4.69) is 15.6 Å². The van der Waals surface area contributed by atoms with Gasteiger partial charge in [0.05, 0.1) is 19.4 Å². The van der Waals surface area contributed by atoms with Crippen molar-refractivity contribution < 1.29 is 19.1 Å². The molecule has 0 radical (unpaired) electrons. The fourth-order valence-corrected chi connectivity index (χ4v) is 3.22. The first-order valence-corrected chi connectivity index (χ1v) is 9.69. The Morgan fingerprint density at radius 2 is 1.97 bits per heavy atom. The van der Waals surface area contributed by atoms with Crippen molar-refractivity contribution in [2.24, 2.45) is 0 Å². The number of ether oxygens (including phenoxy) is 2. The lowest BCUT2D eigenvalue weighted by Gasteiger charge is -2.31. The maximum atomic E-state index is 12.6. The minimum Gasteiger partial charge on any atom is -0.495 e. The van der Waals surface area contributed by atoms with Gasteiger partial charge in [0.1, 0.15) is 11.6 Å². The average molecular weight is 398 g/mol. The largest absolute Gasteiger partial charge is 0.495 e. The first-order valence-electron chi connectivity index (χ1n) is 9.69. The molecule has 0 bridgehead atoms. The Kier molecular flexibility index (Phi) is 6.89. The van der Waals surface area contributed by atoms with Gasteiger partial charge in [-0.25, -0.2) is 9.78 Å². The minimum absolute atomic E-state index is 0.181. The highest BCUT2D eigenvalue weighted by atomic mass is 16.6. The summed E-state index contributed by atoms with van der Waals surface area (Å²) in [5.74, 6) is 0.992. The number of amides is 2. The number of rotatable bonds is 6. The van der Waals surface area contributed by atoms with Crippen molar-refractivity contribution in [3.05, 3.63) is 48.2 Å². The van der Waals surface area contributed by atoms with Crippen LogP contribution in [0.5, 0.6) is 5.75 Å². The van der Waals surface area contributed by atoms with Crippen molar-refractivity contribution in [1.82, 2.24) is 9.88 Å². The van der Waals surface area contributed by atoms with E-state index in [0.717, 1.165) is 12.8 Å². The Bertz CT molecular complexity index is 850. The zero-order valence-electron chi connectivity index (χ0n) is 16.7. The van der Waals surface area contributed by atoms with Crippen molar-refractivity contribution in [2.45, 2.75) is 25.8 Å². The molecule has 2 aromatic rings. The Hall–Kier alpha value is -3.29. The third-order valence-corrected chi connectivity index (χ3v) is 4.75. The number of para-hydroxylation sites is 2. The SMILES string of the molecule is CCOC(=O)N1CCC(Nc2cc(C(=O)Nc3ccccc3OC)ccn2)CC1. The van der Waals surface area contributed by atoms with Crippen molar-refractivity contribution in [2.75, 3.05) is 37.4 Å². The van der Waals surface area contributed by atoms with Crippen molar-refractivity contribution >= 4 is 23.5 Å². The van der Waals surface area contributed by atoms with Crippen LogP contribution in [0.25, 0.3) is 0 Å². The summed E-state index contributed by atoms with van der Waals surface area (Å²) in [4.78, 5) is 30.5. The third kappa shape index (κ3) is 5.37. The van der Waals surface area contributed by atoms with E-state index < -0.39 is 0 Å². The third-order valence-electron chi connectivity index (χ3n) is 4.75. The second-order valence-corrected chi connectivity index (χ2v) is 6.69. The molecule has 2 heterocycles. The maximum Gasteiger partial charge on any atom is 0.409 e. The molecule has 1 aromatic heterocycles. The lowest BCUT2D eigenvalue weighted by Crippen LogP contribution is -2.42. The van der Waals surface area contributed by atoms with E-state index in [0.29, 0.717) is 42.5 Å². The molecule has 1 saturated heterocycles. The van der Waals surface area contributed by atoms with E-state index in [1.54, 1.807) is 49.4 Å². The molecule has 1 aliphatic rings. The first kappa shape index (κ1) is 20.4. The zero-order valence-corrected chi connectivity index (χ0v) is 16.7. The van der Waals surface area contributed by atoms with Crippen LogP contribution in [0.4, 0.5) is 16.3 Å². The first-order chi connectivity index (χ1) is 14.1. The van der Waals surface area contributed by atoms with Gasteiger partial charge in [-0.2, -0.15) is 0 Å². The van der Waals surface area contributed by atoms with Crippen LogP contribution in [0.3, 0.4) is 0 Å². The van der Waals surface area contributed by atoms with Crippen LogP contribution < -0.4 is 15.4 Å². The van der Waals surface area contributed by atoms with Gasteiger partial charge in [-0.15, -0.1) is 0 Å². The number of hydrogen-bond acceptors (Lipinski definition) is 6. The molecule has 8 nitrogen and oxygen atoms in total. The molecule has 0 saturated carbocycles. The topological polar surface area (TPSA) is 92.8 Å². The quantitative estimate of drug-likeness (QED) is 0.775. The van der Waals surface area contributed by atoms with Gasteiger partial charge in [0, 0.05) is 30.9 Å². The number of benzene rings is 1. The van der Waals surface area contributed by atoms with Crippen molar-refractivity contribution in [3.8, 4) is 5.75 Å². The van der Waals surface area contributed by atoms with Gasteiger partial charge >= 0.3 is 6.09 Å². The molecule has 0 spiro atoms. The van der Waals surface area contributed by atoms with E-state index in [1.807, 2.05) is 12.1 Å². The normalized spacial score (nSPS) is 14.2. The lowest BCUT2D eigenvalue weighted by molar-refractivity contribution is 0.0981. The smallest absolute Gasteiger partial charge is 0.409 e. The van der Waals surface area contributed by atoms with Crippen LogP contribution in [0.15, 0.2) is 42.6 Å². The molecule has 0 unspecified atom stereocenters. The molecule has 29 heavy (non-hydrogen) atoms. The predicted octanol–water partition coefficient (Wildman–Crippen LogP) is 3.38. The number of hydrogen-bond donors (Lipinski definition) is 2. The van der Waals surface area contributed by atoms with Crippen LogP contribution in [0.1, 0.15) is 30.1 Å². The van der Waals surface area contributed by atoms with E-state index in [9.17, 15) is 9.59 Å². The van der Waals surface area contributed by atoms with Crippen LogP contribution in [0, 0.1) is 0 Å². The highest BCUT2D eigenvalue weighted by Crippen LogP contribution is 2.24. The standard InChI is InChI=1S/C21H26N4O4/c1-3-29-21(27)25-12-9-16(10-13-25)23-19-14-15(8-11-22-19)20(26)24-17-6-4-5-7-18(17)28-2/h4-8,11,14,16H,3,9-10,12-13H2,1-2H3,(H,22,23)(H,24,26).